The number of H-pyrrole nitrogens is 1. The summed E-state index contributed by atoms with van der Waals surface area (Å²) in [4.78, 5) is 12.3. The van der Waals surface area contributed by atoms with E-state index in [1.165, 1.54) is 11.3 Å². The van der Waals surface area contributed by atoms with Gasteiger partial charge in [-0.05, 0) is 18.6 Å². The van der Waals surface area contributed by atoms with Gasteiger partial charge in [-0.2, -0.15) is 0 Å². The summed E-state index contributed by atoms with van der Waals surface area (Å²) in [7, 11) is 0. The molecule has 0 aliphatic carbocycles. The third kappa shape index (κ3) is 2.59. The standard InChI is InChI=1S/C18H15N3OS/c1-2-22-18-21-16(11-23-18)15-10-20-17-14(15)8-13(9-19-17)12-6-4-3-5-7-12/h3-11H,2H2,1H3,(H,19,20). The van der Waals surface area contributed by atoms with Gasteiger partial charge < -0.3 is 9.72 Å². The number of hydrogen-bond acceptors (Lipinski definition) is 4. The second-order valence-corrected chi connectivity index (χ2v) is 5.94. The van der Waals surface area contributed by atoms with Crippen LogP contribution in [0.15, 0.2) is 54.2 Å². The van der Waals surface area contributed by atoms with Crippen LogP contribution in [0.5, 0.6) is 5.19 Å². The molecule has 0 amide bonds. The fourth-order valence-corrected chi connectivity index (χ4v) is 3.30. The first kappa shape index (κ1) is 14.0. The highest BCUT2D eigenvalue weighted by Crippen LogP contribution is 2.33. The van der Waals surface area contributed by atoms with Crippen molar-refractivity contribution >= 4 is 22.4 Å². The van der Waals surface area contributed by atoms with E-state index in [9.17, 15) is 0 Å². The van der Waals surface area contributed by atoms with Crippen molar-refractivity contribution in [3.05, 3.63) is 54.2 Å². The molecular formula is C18H15N3OS. The third-order valence-electron chi connectivity index (χ3n) is 3.67. The molecule has 3 aromatic heterocycles. The Bertz CT molecular complexity index is 943. The Morgan fingerprint density at radius 1 is 1.17 bits per heavy atom. The largest absolute Gasteiger partial charge is 0.470 e. The van der Waals surface area contributed by atoms with E-state index >= 15 is 0 Å². The molecule has 0 aliphatic heterocycles. The van der Waals surface area contributed by atoms with Crippen LogP contribution in [0.2, 0.25) is 0 Å². The number of aromatic amines is 1. The molecule has 0 unspecified atom stereocenters. The van der Waals surface area contributed by atoms with Crippen molar-refractivity contribution in [1.29, 1.82) is 0 Å². The Morgan fingerprint density at radius 3 is 2.87 bits per heavy atom. The molecule has 1 N–H and O–H groups in total. The van der Waals surface area contributed by atoms with E-state index in [0.717, 1.165) is 33.4 Å². The SMILES string of the molecule is CCOc1nc(-c2c[nH]c3ncc(-c4ccccc4)cc23)cs1. The summed E-state index contributed by atoms with van der Waals surface area (Å²) in [6, 6.07) is 12.4. The van der Waals surface area contributed by atoms with Crippen molar-refractivity contribution in [2.75, 3.05) is 6.61 Å². The van der Waals surface area contributed by atoms with Crippen molar-refractivity contribution < 1.29 is 4.74 Å². The maximum absolute atomic E-state index is 5.47. The fourth-order valence-electron chi connectivity index (χ4n) is 2.57. The summed E-state index contributed by atoms with van der Waals surface area (Å²) >= 11 is 1.51. The zero-order valence-corrected chi connectivity index (χ0v) is 13.4. The van der Waals surface area contributed by atoms with Gasteiger partial charge in [0.05, 0.1) is 12.3 Å². The highest BCUT2D eigenvalue weighted by Gasteiger charge is 2.12. The number of thiazole rings is 1. The maximum Gasteiger partial charge on any atom is 0.273 e. The minimum absolute atomic E-state index is 0.626. The molecule has 4 nitrogen and oxygen atoms in total. The van der Waals surface area contributed by atoms with E-state index in [-0.39, 0.29) is 0 Å². The summed E-state index contributed by atoms with van der Waals surface area (Å²) < 4.78 is 5.47. The molecule has 23 heavy (non-hydrogen) atoms. The zero-order valence-electron chi connectivity index (χ0n) is 12.6. The molecule has 1 aromatic carbocycles. The van der Waals surface area contributed by atoms with E-state index in [1.54, 1.807) is 0 Å². The molecule has 0 bridgehead atoms. The monoisotopic (exact) mass is 321 g/mol. The van der Waals surface area contributed by atoms with Crippen LogP contribution in [0.1, 0.15) is 6.92 Å². The minimum atomic E-state index is 0.626. The lowest BCUT2D eigenvalue weighted by atomic mass is 10.1. The first-order valence-electron chi connectivity index (χ1n) is 7.46. The molecule has 4 rings (SSSR count). The topological polar surface area (TPSA) is 50.8 Å². The van der Waals surface area contributed by atoms with Crippen LogP contribution in [-0.2, 0) is 0 Å². The lowest BCUT2D eigenvalue weighted by Gasteiger charge is -2.02. The van der Waals surface area contributed by atoms with E-state index in [4.69, 9.17) is 4.74 Å². The van der Waals surface area contributed by atoms with E-state index in [0.29, 0.717) is 11.8 Å². The van der Waals surface area contributed by atoms with E-state index < -0.39 is 0 Å². The fraction of sp³-hybridized carbons (Fsp3) is 0.111. The van der Waals surface area contributed by atoms with Gasteiger partial charge in [-0.15, -0.1) is 0 Å². The molecule has 3 heterocycles. The van der Waals surface area contributed by atoms with E-state index in [2.05, 4.69) is 33.2 Å². The molecule has 0 atom stereocenters. The van der Waals surface area contributed by atoms with Gasteiger partial charge in [0.2, 0.25) is 0 Å². The molecular weight excluding hydrogens is 306 g/mol. The van der Waals surface area contributed by atoms with E-state index in [1.807, 2.05) is 42.9 Å². The Hall–Kier alpha value is -2.66. The lowest BCUT2D eigenvalue weighted by molar-refractivity contribution is 0.338. The Labute approximate surface area is 137 Å². The van der Waals surface area contributed by atoms with Gasteiger partial charge in [0.25, 0.3) is 5.19 Å². The molecule has 5 heteroatoms. The molecule has 0 spiro atoms. The molecule has 0 radical (unpaired) electrons. The van der Waals surface area contributed by atoms with Crippen LogP contribution < -0.4 is 4.74 Å². The highest BCUT2D eigenvalue weighted by atomic mass is 32.1. The summed E-state index contributed by atoms with van der Waals surface area (Å²) in [6.45, 7) is 2.59. The van der Waals surface area contributed by atoms with Gasteiger partial charge in [-0.25, -0.2) is 9.97 Å². The van der Waals surface area contributed by atoms with Crippen molar-refractivity contribution in [3.63, 3.8) is 0 Å². The number of nitrogens with zero attached hydrogens (tertiary/aromatic N) is 2. The molecule has 0 saturated heterocycles. The molecule has 114 valence electrons. The second-order valence-electron chi connectivity index (χ2n) is 5.12. The number of pyridine rings is 1. The number of hydrogen-bond donors (Lipinski definition) is 1. The predicted molar refractivity (Wildman–Crippen MR) is 93.8 cm³/mol. The average molecular weight is 321 g/mol. The lowest BCUT2D eigenvalue weighted by Crippen LogP contribution is -1.89. The van der Waals surface area contributed by atoms with Crippen LogP contribution in [0.4, 0.5) is 0 Å². The smallest absolute Gasteiger partial charge is 0.273 e. The molecule has 0 saturated carbocycles. The Balaban J connectivity index is 1.81. The summed E-state index contributed by atoms with van der Waals surface area (Å²) in [5.74, 6) is 0. The van der Waals surface area contributed by atoms with Crippen molar-refractivity contribution in [3.8, 4) is 27.6 Å². The molecule has 0 fully saturated rings. The number of aromatic nitrogens is 3. The van der Waals surface area contributed by atoms with Crippen LogP contribution in [0.3, 0.4) is 0 Å². The first-order chi connectivity index (χ1) is 11.3. The van der Waals surface area contributed by atoms with Crippen molar-refractivity contribution in [2.45, 2.75) is 6.92 Å². The maximum atomic E-state index is 5.47. The van der Waals surface area contributed by atoms with Crippen LogP contribution in [0, 0.1) is 0 Å². The predicted octanol–water partition coefficient (Wildman–Crippen LogP) is 4.75. The average Bonchev–Trinajstić information content (AvgIpc) is 3.22. The number of nitrogens with one attached hydrogen (secondary N) is 1. The Morgan fingerprint density at radius 2 is 2.04 bits per heavy atom. The van der Waals surface area contributed by atoms with Gasteiger partial charge in [0.15, 0.2) is 0 Å². The normalized spacial score (nSPS) is 11.0. The van der Waals surface area contributed by atoms with Gasteiger partial charge in [0.1, 0.15) is 5.65 Å². The first-order valence-corrected chi connectivity index (χ1v) is 8.34. The van der Waals surface area contributed by atoms with Crippen molar-refractivity contribution in [2.24, 2.45) is 0 Å². The summed E-state index contributed by atoms with van der Waals surface area (Å²) in [5, 5.41) is 3.78. The minimum Gasteiger partial charge on any atom is -0.470 e. The van der Waals surface area contributed by atoms with Gasteiger partial charge in [-0.3, -0.25) is 0 Å². The molecule has 4 aromatic rings. The zero-order chi connectivity index (χ0) is 15.6. The van der Waals surface area contributed by atoms with Gasteiger partial charge in [-0.1, -0.05) is 41.7 Å². The summed E-state index contributed by atoms with van der Waals surface area (Å²) in [5.41, 5.74) is 5.08. The van der Waals surface area contributed by atoms with Gasteiger partial charge in [0, 0.05) is 34.3 Å². The number of ether oxygens (including phenoxy) is 1. The number of rotatable bonds is 4. The van der Waals surface area contributed by atoms with Crippen LogP contribution >= 0.6 is 11.3 Å². The third-order valence-corrected chi connectivity index (χ3v) is 4.42. The second kappa shape index (κ2) is 5.85. The molecule has 0 aliphatic rings. The summed E-state index contributed by atoms with van der Waals surface area (Å²) in [6.07, 6.45) is 3.85. The number of benzene rings is 1. The van der Waals surface area contributed by atoms with Crippen molar-refractivity contribution in [1.82, 2.24) is 15.0 Å². The van der Waals surface area contributed by atoms with Crippen LogP contribution in [-0.4, -0.2) is 21.6 Å². The Kier molecular flexibility index (Phi) is 3.55. The van der Waals surface area contributed by atoms with Crippen LogP contribution in [0.25, 0.3) is 33.4 Å². The highest BCUT2D eigenvalue weighted by molar-refractivity contribution is 7.11. The quantitative estimate of drug-likeness (QED) is 0.590. The van der Waals surface area contributed by atoms with Gasteiger partial charge >= 0.3 is 0 Å². The number of fused-ring (bicyclic) bond motifs is 1.